The molecule has 0 aromatic heterocycles. The van der Waals surface area contributed by atoms with Crippen LogP contribution in [0.2, 0.25) is 0 Å². The molecule has 0 atom stereocenters. The Balaban J connectivity index is -0.0000000367. The number of aliphatic hydroxyl groups is 1. The number of nitrogens with one attached hydrogen (secondary N) is 1. The van der Waals surface area contributed by atoms with E-state index in [4.69, 9.17) is 9.90 Å². The Kier molecular flexibility index (Phi) is 39.7. The largest absolute Gasteiger partial charge is 1.00 e. The van der Waals surface area contributed by atoms with Gasteiger partial charge in [-0.1, -0.05) is 31.3 Å². The van der Waals surface area contributed by atoms with Gasteiger partial charge in [-0.2, -0.15) is 0 Å². The van der Waals surface area contributed by atoms with E-state index in [2.05, 4.69) is 42.9 Å². The normalized spacial score (nSPS) is 6.00. The topological polar surface area (TPSA) is 92.4 Å². The second-order valence-corrected chi connectivity index (χ2v) is 2.16. The maximum absolute atomic E-state index is 9.91. The molecule has 0 spiro atoms. The van der Waals surface area contributed by atoms with E-state index in [1.54, 1.807) is 6.08 Å². The molecule has 0 aliphatic heterocycles. The number of hydrogen-bond donors (Lipinski definition) is 5. The van der Waals surface area contributed by atoms with Crippen molar-refractivity contribution in [2.24, 2.45) is 5.73 Å². The van der Waals surface area contributed by atoms with Gasteiger partial charge in [0, 0.05) is 13.7 Å². The average molecular weight is 250 g/mol. The van der Waals surface area contributed by atoms with E-state index in [1.807, 2.05) is 0 Å². The fourth-order valence-electron chi connectivity index (χ4n) is 0.159. The van der Waals surface area contributed by atoms with Gasteiger partial charge in [-0.3, -0.25) is 9.59 Å². The van der Waals surface area contributed by atoms with Crippen LogP contribution < -0.4 is 40.6 Å². The zero-order valence-electron chi connectivity index (χ0n) is 9.23. The van der Waals surface area contributed by atoms with Crippen molar-refractivity contribution in [2.45, 2.75) is 0 Å². The van der Waals surface area contributed by atoms with Gasteiger partial charge < -0.3 is 17.6 Å². The van der Waals surface area contributed by atoms with E-state index in [9.17, 15) is 4.79 Å². The third kappa shape index (κ3) is 84.2. The van der Waals surface area contributed by atoms with Crippen LogP contribution >= 0.6 is 25.3 Å². The van der Waals surface area contributed by atoms with E-state index in [0.29, 0.717) is 6.54 Å². The van der Waals surface area contributed by atoms with E-state index in [-0.39, 0.29) is 36.2 Å². The molecule has 4 N–H and O–H groups in total. The quantitative estimate of drug-likeness (QED) is 0.214. The summed E-state index contributed by atoms with van der Waals surface area (Å²) >= 11 is 6.54. The Hall–Kier alpha value is 0.340. The van der Waals surface area contributed by atoms with Gasteiger partial charge in [0.15, 0.2) is 0 Å². The van der Waals surface area contributed by atoms with Crippen LogP contribution in [0.25, 0.3) is 0 Å². The van der Waals surface area contributed by atoms with Gasteiger partial charge in [-0.15, -0.1) is 6.58 Å². The van der Waals surface area contributed by atoms with Gasteiger partial charge in [-0.05, 0) is 0 Å². The summed E-state index contributed by atoms with van der Waals surface area (Å²) in [7, 11) is 1.00. The molecular weight excluding hydrogens is 235 g/mol. The molecule has 0 saturated heterocycles. The number of rotatable bonds is 2. The molecule has 0 bridgehead atoms. The van der Waals surface area contributed by atoms with Crippen LogP contribution in [0.15, 0.2) is 12.7 Å². The molecule has 0 aromatic rings. The standard InChI is InChI=1S/C4H7NOS.CH3NOS.CH4O.Na.H/c1-2-3-5-4(6)7;2-1(3)4;1-2;;/h2H,1,3H2,(H2,5,6,7);(H3,2,3,4);2H,1H3;;/q;;;+1;-1. The summed E-state index contributed by atoms with van der Waals surface area (Å²) in [5.41, 5.74) is 4.34. The molecule has 0 aromatic carbocycles. The monoisotopic (exact) mass is 250 g/mol. The minimum Gasteiger partial charge on any atom is -1.00 e. The molecular formula is C6H15N2NaO3S2. The number of carbonyl (C=O) groups excluding carboxylic acids is 2. The summed E-state index contributed by atoms with van der Waals surface area (Å²) in [5.74, 6) is 0. The fourth-order valence-corrected chi connectivity index (χ4v) is 0.251. The SMILES string of the molecule is C=CCNC(=O)S.CO.NC(=O)S.[H-].[Na+]. The van der Waals surface area contributed by atoms with Crippen LogP contribution in [-0.4, -0.2) is 29.2 Å². The predicted octanol–water partition coefficient (Wildman–Crippen LogP) is -2.47. The Bertz CT molecular complexity index is 159. The van der Waals surface area contributed by atoms with Gasteiger partial charge in [-0.25, -0.2) is 0 Å². The molecule has 0 unspecified atom stereocenters. The first kappa shape index (κ1) is 23.9. The fraction of sp³-hybridized carbons (Fsp3) is 0.333. The minimum atomic E-state index is -0.639. The van der Waals surface area contributed by atoms with Crippen molar-refractivity contribution in [3.8, 4) is 0 Å². The number of amides is 2. The third-order valence-electron chi connectivity index (χ3n) is 0.398. The molecule has 0 saturated carbocycles. The number of hydrogen-bond acceptors (Lipinski definition) is 3. The molecule has 80 valence electrons. The summed E-state index contributed by atoms with van der Waals surface area (Å²) in [5, 5.41) is 8.44. The molecule has 5 nitrogen and oxygen atoms in total. The molecule has 0 radical (unpaired) electrons. The summed E-state index contributed by atoms with van der Waals surface area (Å²) < 4.78 is 0. The zero-order chi connectivity index (χ0) is 11.3. The van der Waals surface area contributed by atoms with Crippen LogP contribution in [0.3, 0.4) is 0 Å². The molecule has 0 aliphatic carbocycles. The minimum absolute atomic E-state index is 0. The first-order valence-electron chi connectivity index (χ1n) is 3.01. The second-order valence-electron chi connectivity index (χ2n) is 1.31. The van der Waals surface area contributed by atoms with Crippen molar-refractivity contribution in [1.82, 2.24) is 5.32 Å². The number of primary amides is 1. The van der Waals surface area contributed by atoms with Gasteiger partial charge in [0.25, 0.3) is 10.5 Å². The Morgan fingerprint density at radius 1 is 1.57 bits per heavy atom. The van der Waals surface area contributed by atoms with Crippen LogP contribution in [-0.2, 0) is 0 Å². The maximum Gasteiger partial charge on any atom is 1.00 e. The van der Waals surface area contributed by atoms with Gasteiger partial charge in [0.2, 0.25) is 0 Å². The zero-order valence-corrected chi connectivity index (χ0v) is 12.0. The van der Waals surface area contributed by atoms with Crippen molar-refractivity contribution >= 4 is 35.7 Å². The summed E-state index contributed by atoms with van der Waals surface area (Å²) in [6.45, 7) is 3.87. The van der Waals surface area contributed by atoms with Crippen LogP contribution in [0.5, 0.6) is 0 Å². The van der Waals surface area contributed by atoms with Crippen molar-refractivity contribution in [3.63, 3.8) is 0 Å². The molecule has 0 rings (SSSR count). The molecule has 8 heteroatoms. The summed E-state index contributed by atoms with van der Waals surface area (Å²) in [6, 6.07) is 0. The van der Waals surface area contributed by atoms with E-state index in [1.165, 1.54) is 0 Å². The molecule has 2 amide bonds. The van der Waals surface area contributed by atoms with Crippen molar-refractivity contribution < 1.29 is 45.7 Å². The van der Waals surface area contributed by atoms with Gasteiger partial charge in [0.05, 0.1) is 0 Å². The van der Waals surface area contributed by atoms with Crippen LogP contribution in [0.1, 0.15) is 1.43 Å². The smallest absolute Gasteiger partial charge is 1.00 e. The summed E-state index contributed by atoms with van der Waals surface area (Å²) in [6.07, 6.45) is 1.59. The third-order valence-corrected chi connectivity index (χ3v) is 0.556. The predicted molar refractivity (Wildman–Crippen MR) is 60.4 cm³/mol. The molecule has 0 heterocycles. The van der Waals surface area contributed by atoms with Crippen LogP contribution in [0.4, 0.5) is 9.59 Å². The average Bonchev–Trinajstić information content (AvgIpc) is 2.03. The first-order chi connectivity index (χ1) is 6.00. The molecule has 0 aliphatic rings. The maximum atomic E-state index is 9.91. The second kappa shape index (κ2) is 23.3. The van der Waals surface area contributed by atoms with E-state index in [0.717, 1.165) is 7.11 Å². The summed E-state index contributed by atoms with van der Waals surface area (Å²) in [4.78, 5) is 19.0. The Morgan fingerprint density at radius 2 is 1.86 bits per heavy atom. The Morgan fingerprint density at radius 3 is 1.93 bits per heavy atom. The van der Waals surface area contributed by atoms with Crippen molar-refractivity contribution in [1.29, 1.82) is 0 Å². The van der Waals surface area contributed by atoms with Crippen LogP contribution in [0, 0.1) is 0 Å². The number of nitrogens with two attached hydrogens (primary N) is 1. The van der Waals surface area contributed by atoms with Gasteiger partial charge in [0.1, 0.15) is 0 Å². The van der Waals surface area contributed by atoms with Crippen molar-refractivity contribution in [2.75, 3.05) is 13.7 Å². The molecule has 0 fully saturated rings. The van der Waals surface area contributed by atoms with E-state index >= 15 is 0 Å². The van der Waals surface area contributed by atoms with Gasteiger partial charge >= 0.3 is 29.6 Å². The number of carbonyl (C=O) groups is 2. The van der Waals surface area contributed by atoms with Crippen molar-refractivity contribution in [3.05, 3.63) is 12.7 Å². The van der Waals surface area contributed by atoms with E-state index < -0.39 is 5.24 Å². The number of aliphatic hydroxyl groups excluding tert-OH is 1. The number of thiol groups is 2. The Labute approximate surface area is 118 Å². The molecule has 14 heavy (non-hydrogen) atoms. The first-order valence-corrected chi connectivity index (χ1v) is 3.91.